The van der Waals surface area contributed by atoms with Gasteiger partial charge in [-0.25, -0.2) is 0 Å². The number of aromatic nitrogens is 3. The first-order valence-corrected chi connectivity index (χ1v) is 9.33. The summed E-state index contributed by atoms with van der Waals surface area (Å²) < 4.78 is 28.3. The number of amides is 1. The number of nitrogens with zero attached hydrogens (tertiary/aromatic N) is 3. The Morgan fingerprint density at radius 3 is 2.61 bits per heavy atom. The lowest BCUT2D eigenvalue weighted by atomic mass is 10.2. The minimum Gasteiger partial charge on any atom is -0.320 e. The number of halogens is 4. The van der Waals surface area contributed by atoms with Gasteiger partial charge in [-0.15, -0.1) is 0 Å². The van der Waals surface area contributed by atoms with Crippen molar-refractivity contribution >= 4 is 34.8 Å². The second kappa shape index (κ2) is 7.48. The molecule has 0 unspecified atom stereocenters. The molecule has 0 radical (unpaired) electrons. The SMILES string of the molecule is O=C(Nc1cc(F)nc(F)c1)c1nn(Cc2ccc(Cl)cc2Cl)c2c1CCC2. The van der Waals surface area contributed by atoms with Crippen LogP contribution in [0.15, 0.2) is 30.3 Å². The molecule has 1 aromatic carbocycles. The van der Waals surface area contributed by atoms with E-state index in [2.05, 4.69) is 15.4 Å². The molecule has 144 valence electrons. The van der Waals surface area contributed by atoms with Crippen LogP contribution >= 0.6 is 23.2 Å². The van der Waals surface area contributed by atoms with Crippen LogP contribution in [0.3, 0.4) is 0 Å². The normalized spacial score (nSPS) is 12.9. The fourth-order valence-corrected chi connectivity index (χ4v) is 3.83. The van der Waals surface area contributed by atoms with Crippen molar-refractivity contribution in [3.8, 4) is 0 Å². The lowest BCUT2D eigenvalue weighted by Gasteiger charge is -2.08. The number of hydrogen-bond donors (Lipinski definition) is 1. The number of rotatable bonds is 4. The van der Waals surface area contributed by atoms with Gasteiger partial charge in [-0.3, -0.25) is 9.48 Å². The quantitative estimate of drug-likeness (QED) is 0.622. The first-order valence-electron chi connectivity index (χ1n) is 8.57. The van der Waals surface area contributed by atoms with Crippen LogP contribution in [0, 0.1) is 11.9 Å². The van der Waals surface area contributed by atoms with Crippen LogP contribution in [0.25, 0.3) is 0 Å². The van der Waals surface area contributed by atoms with Crippen molar-refractivity contribution in [2.45, 2.75) is 25.8 Å². The lowest BCUT2D eigenvalue weighted by molar-refractivity contribution is 0.102. The van der Waals surface area contributed by atoms with Gasteiger partial charge in [0.25, 0.3) is 5.91 Å². The molecule has 3 aromatic rings. The van der Waals surface area contributed by atoms with Crippen LogP contribution in [-0.2, 0) is 19.4 Å². The van der Waals surface area contributed by atoms with Crippen molar-refractivity contribution in [1.82, 2.24) is 14.8 Å². The second-order valence-electron chi connectivity index (χ2n) is 6.48. The minimum atomic E-state index is -1.01. The molecule has 4 rings (SSSR count). The molecule has 0 atom stereocenters. The highest BCUT2D eigenvalue weighted by molar-refractivity contribution is 6.35. The van der Waals surface area contributed by atoms with Gasteiger partial charge in [0.15, 0.2) is 5.69 Å². The summed E-state index contributed by atoms with van der Waals surface area (Å²) in [7, 11) is 0. The molecule has 0 spiro atoms. The monoisotopic (exact) mass is 422 g/mol. The largest absolute Gasteiger partial charge is 0.320 e. The molecule has 1 aliphatic rings. The molecule has 2 aromatic heterocycles. The summed E-state index contributed by atoms with van der Waals surface area (Å²) in [5.74, 6) is -2.55. The maximum absolute atomic E-state index is 13.3. The average molecular weight is 423 g/mol. The van der Waals surface area contributed by atoms with Gasteiger partial charge in [0, 0.05) is 33.4 Å². The van der Waals surface area contributed by atoms with Crippen molar-refractivity contribution in [2.24, 2.45) is 0 Å². The molecule has 28 heavy (non-hydrogen) atoms. The van der Waals surface area contributed by atoms with Crippen LogP contribution in [0.5, 0.6) is 0 Å². The van der Waals surface area contributed by atoms with Crippen molar-refractivity contribution in [1.29, 1.82) is 0 Å². The van der Waals surface area contributed by atoms with E-state index >= 15 is 0 Å². The Morgan fingerprint density at radius 2 is 1.89 bits per heavy atom. The molecule has 0 fully saturated rings. The Labute approximate surface area is 169 Å². The van der Waals surface area contributed by atoms with Crippen molar-refractivity contribution in [3.05, 3.63) is 74.8 Å². The number of carbonyl (C=O) groups is 1. The summed E-state index contributed by atoms with van der Waals surface area (Å²) in [4.78, 5) is 15.7. The number of pyridine rings is 1. The fourth-order valence-electron chi connectivity index (χ4n) is 3.36. The van der Waals surface area contributed by atoms with Gasteiger partial charge in [0.2, 0.25) is 11.9 Å². The zero-order chi connectivity index (χ0) is 19.8. The van der Waals surface area contributed by atoms with E-state index < -0.39 is 17.8 Å². The van der Waals surface area contributed by atoms with Gasteiger partial charge in [0.1, 0.15) is 0 Å². The van der Waals surface area contributed by atoms with E-state index in [9.17, 15) is 13.6 Å². The molecule has 0 saturated carbocycles. The first-order chi connectivity index (χ1) is 13.4. The van der Waals surface area contributed by atoms with E-state index in [0.717, 1.165) is 41.8 Å². The number of benzene rings is 1. The van der Waals surface area contributed by atoms with Crippen LogP contribution in [-0.4, -0.2) is 20.7 Å². The summed E-state index contributed by atoms with van der Waals surface area (Å²) in [6.07, 6.45) is 2.41. The third-order valence-corrected chi connectivity index (χ3v) is 5.16. The minimum absolute atomic E-state index is 0.0166. The molecule has 9 heteroatoms. The zero-order valence-corrected chi connectivity index (χ0v) is 16.0. The standard InChI is InChI=1S/C19H14Cl2F2N4O/c20-11-5-4-10(14(21)6-11)9-27-15-3-1-2-13(15)18(26-27)19(28)24-12-7-16(22)25-17(23)8-12/h4-8H,1-3,9H2,(H,24,25,28). The lowest BCUT2D eigenvalue weighted by Crippen LogP contribution is -2.16. The molecule has 1 amide bonds. The van der Waals surface area contributed by atoms with Gasteiger partial charge >= 0.3 is 0 Å². The highest BCUT2D eigenvalue weighted by Gasteiger charge is 2.27. The Hall–Kier alpha value is -2.51. The van der Waals surface area contributed by atoms with E-state index in [1.807, 2.05) is 6.07 Å². The summed E-state index contributed by atoms with van der Waals surface area (Å²) in [6, 6.07) is 7.11. The Balaban J connectivity index is 1.63. The number of fused-ring (bicyclic) bond motifs is 1. The average Bonchev–Trinajstić information content (AvgIpc) is 3.20. The number of anilines is 1. The van der Waals surface area contributed by atoms with Gasteiger partial charge in [-0.2, -0.15) is 18.9 Å². The first kappa shape index (κ1) is 18.8. The second-order valence-corrected chi connectivity index (χ2v) is 7.32. The molecule has 1 N–H and O–H groups in total. The molecular weight excluding hydrogens is 409 g/mol. The molecular formula is C19H14Cl2F2N4O. The third-order valence-electron chi connectivity index (χ3n) is 4.58. The number of carbonyl (C=O) groups excluding carboxylic acids is 1. The van der Waals surface area contributed by atoms with Crippen molar-refractivity contribution in [2.75, 3.05) is 5.32 Å². The number of hydrogen-bond acceptors (Lipinski definition) is 3. The smallest absolute Gasteiger partial charge is 0.276 e. The molecule has 5 nitrogen and oxygen atoms in total. The highest BCUT2D eigenvalue weighted by atomic mass is 35.5. The van der Waals surface area contributed by atoms with E-state index in [1.54, 1.807) is 16.8 Å². The van der Waals surface area contributed by atoms with Crippen molar-refractivity contribution in [3.63, 3.8) is 0 Å². The molecule has 0 aliphatic heterocycles. The maximum Gasteiger partial charge on any atom is 0.276 e. The third kappa shape index (κ3) is 3.72. The van der Waals surface area contributed by atoms with Crippen LogP contribution in [0.4, 0.5) is 14.5 Å². The van der Waals surface area contributed by atoms with E-state index in [4.69, 9.17) is 23.2 Å². The molecule has 2 heterocycles. The summed E-state index contributed by atoms with van der Waals surface area (Å²) in [6.45, 7) is 0.393. The molecule has 0 saturated heterocycles. The fraction of sp³-hybridized carbons (Fsp3) is 0.211. The molecule has 0 bridgehead atoms. The summed E-state index contributed by atoms with van der Waals surface area (Å²) >= 11 is 12.2. The topological polar surface area (TPSA) is 59.8 Å². The summed E-state index contributed by atoms with van der Waals surface area (Å²) in [5.41, 5.74) is 2.86. The predicted molar refractivity (Wildman–Crippen MR) is 102 cm³/mol. The number of nitrogens with one attached hydrogen (secondary N) is 1. The summed E-state index contributed by atoms with van der Waals surface area (Å²) in [5, 5.41) is 7.98. The van der Waals surface area contributed by atoms with Crippen LogP contribution in [0.1, 0.15) is 33.7 Å². The predicted octanol–water partition coefficient (Wildman–Crippen LogP) is 4.65. The van der Waals surface area contributed by atoms with E-state index in [1.165, 1.54) is 0 Å². The van der Waals surface area contributed by atoms with Crippen LogP contribution in [0.2, 0.25) is 10.0 Å². The van der Waals surface area contributed by atoms with Gasteiger partial charge < -0.3 is 5.32 Å². The van der Waals surface area contributed by atoms with E-state index in [0.29, 0.717) is 23.0 Å². The van der Waals surface area contributed by atoms with E-state index in [-0.39, 0.29) is 11.4 Å². The van der Waals surface area contributed by atoms with Gasteiger partial charge in [0.05, 0.1) is 12.2 Å². The van der Waals surface area contributed by atoms with Gasteiger partial charge in [-0.05, 0) is 37.0 Å². The highest BCUT2D eigenvalue weighted by Crippen LogP contribution is 2.28. The van der Waals surface area contributed by atoms with Crippen molar-refractivity contribution < 1.29 is 13.6 Å². The van der Waals surface area contributed by atoms with Gasteiger partial charge in [-0.1, -0.05) is 29.3 Å². The Morgan fingerprint density at radius 1 is 1.14 bits per heavy atom. The van der Waals surface area contributed by atoms with Crippen LogP contribution < -0.4 is 5.32 Å². The zero-order valence-electron chi connectivity index (χ0n) is 14.5. The molecule has 1 aliphatic carbocycles. The maximum atomic E-state index is 13.3. The Kier molecular flexibility index (Phi) is 5.03. The Bertz CT molecular complexity index is 1060.